The molecule has 20 heavy (non-hydrogen) atoms. The molecule has 118 valence electrons. The van der Waals surface area contributed by atoms with E-state index in [4.69, 9.17) is 0 Å². The highest BCUT2D eigenvalue weighted by atomic mass is 16.3. The Labute approximate surface area is 125 Å². The monoisotopic (exact) mass is 282 g/mol. The number of rotatable bonds is 7. The van der Waals surface area contributed by atoms with Gasteiger partial charge in [0.2, 0.25) is 0 Å². The first-order valence-corrected chi connectivity index (χ1v) is 8.81. The second-order valence-corrected chi connectivity index (χ2v) is 7.13. The molecule has 1 aliphatic carbocycles. The lowest BCUT2D eigenvalue weighted by atomic mass is 9.74. The fourth-order valence-electron chi connectivity index (χ4n) is 3.94. The number of aliphatic hydroxyl groups is 1. The summed E-state index contributed by atoms with van der Waals surface area (Å²) in [5.41, 5.74) is 0.191. The number of aliphatic hydroxyl groups excluding tert-OH is 1. The zero-order chi connectivity index (χ0) is 14.3. The molecule has 1 unspecified atom stereocenters. The molecule has 1 saturated heterocycles. The summed E-state index contributed by atoms with van der Waals surface area (Å²) in [6.07, 6.45) is 11.8. The van der Waals surface area contributed by atoms with Gasteiger partial charge in [-0.2, -0.15) is 0 Å². The smallest absolute Gasteiger partial charge is 0.0499 e. The molecule has 0 aromatic heterocycles. The summed E-state index contributed by atoms with van der Waals surface area (Å²) in [6.45, 7) is 7.38. The van der Waals surface area contributed by atoms with Crippen LogP contribution in [0.5, 0.6) is 0 Å². The molecule has 2 rings (SSSR count). The van der Waals surface area contributed by atoms with Gasteiger partial charge in [-0.25, -0.2) is 0 Å². The summed E-state index contributed by atoms with van der Waals surface area (Å²) >= 11 is 0. The minimum Gasteiger partial charge on any atom is -0.396 e. The predicted molar refractivity (Wildman–Crippen MR) is 85.0 cm³/mol. The van der Waals surface area contributed by atoms with Crippen LogP contribution in [-0.2, 0) is 0 Å². The van der Waals surface area contributed by atoms with Gasteiger partial charge in [-0.1, -0.05) is 25.7 Å². The Morgan fingerprint density at radius 1 is 1.15 bits per heavy atom. The van der Waals surface area contributed by atoms with E-state index >= 15 is 0 Å². The normalized spacial score (nSPS) is 27.6. The third kappa shape index (κ3) is 4.71. The summed E-state index contributed by atoms with van der Waals surface area (Å²) < 4.78 is 0. The molecule has 0 radical (unpaired) electrons. The first-order valence-electron chi connectivity index (χ1n) is 8.81. The van der Waals surface area contributed by atoms with Crippen molar-refractivity contribution in [3.8, 4) is 0 Å². The van der Waals surface area contributed by atoms with E-state index in [1.807, 2.05) is 0 Å². The van der Waals surface area contributed by atoms with Gasteiger partial charge in [0.1, 0.15) is 0 Å². The van der Waals surface area contributed by atoms with E-state index in [0.29, 0.717) is 6.61 Å². The molecular weight excluding hydrogens is 248 g/mol. The van der Waals surface area contributed by atoms with Crippen molar-refractivity contribution in [2.75, 3.05) is 32.8 Å². The maximum Gasteiger partial charge on any atom is 0.0499 e. The number of hydrogen-bond acceptors (Lipinski definition) is 3. The van der Waals surface area contributed by atoms with Crippen molar-refractivity contribution in [1.82, 2.24) is 10.2 Å². The Morgan fingerprint density at radius 3 is 2.65 bits per heavy atom. The van der Waals surface area contributed by atoms with Crippen LogP contribution in [0.4, 0.5) is 0 Å². The van der Waals surface area contributed by atoms with Crippen molar-refractivity contribution in [3.05, 3.63) is 0 Å². The highest BCUT2D eigenvalue weighted by Gasteiger charge is 2.30. The average Bonchev–Trinajstić information content (AvgIpc) is 2.50. The van der Waals surface area contributed by atoms with Crippen LogP contribution in [0.15, 0.2) is 0 Å². The van der Waals surface area contributed by atoms with E-state index < -0.39 is 0 Å². The Morgan fingerprint density at radius 2 is 1.95 bits per heavy atom. The molecular formula is C17H34N2O. The van der Waals surface area contributed by atoms with Gasteiger partial charge in [-0.05, 0) is 58.7 Å². The van der Waals surface area contributed by atoms with E-state index in [0.717, 1.165) is 19.1 Å². The van der Waals surface area contributed by atoms with Crippen molar-refractivity contribution in [2.24, 2.45) is 5.41 Å². The lowest BCUT2D eigenvalue weighted by molar-refractivity contribution is 0.0808. The summed E-state index contributed by atoms with van der Waals surface area (Å²) in [5, 5.41) is 13.3. The maximum absolute atomic E-state index is 9.69. The second-order valence-electron chi connectivity index (χ2n) is 7.13. The van der Waals surface area contributed by atoms with E-state index in [1.165, 1.54) is 70.9 Å². The first-order chi connectivity index (χ1) is 9.76. The molecule has 0 aromatic carbocycles. The molecule has 0 spiro atoms. The van der Waals surface area contributed by atoms with E-state index in [2.05, 4.69) is 17.1 Å². The van der Waals surface area contributed by atoms with Crippen LogP contribution in [0.3, 0.4) is 0 Å². The van der Waals surface area contributed by atoms with E-state index in [9.17, 15) is 5.11 Å². The lowest BCUT2D eigenvalue weighted by Crippen LogP contribution is -2.41. The van der Waals surface area contributed by atoms with Crippen molar-refractivity contribution >= 4 is 0 Å². The van der Waals surface area contributed by atoms with Crippen LogP contribution in [0.1, 0.15) is 64.7 Å². The molecule has 0 aromatic rings. The quantitative estimate of drug-likeness (QED) is 0.705. The van der Waals surface area contributed by atoms with Crippen LogP contribution in [0.25, 0.3) is 0 Å². The first kappa shape index (κ1) is 16.3. The Kier molecular flexibility index (Phi) is 6.79. The lowest BCUT2D eigenvalue weighted by Gasteiger charge is -2.36. The molecule has 2 fully saturated rings. The number of nitrogens with zero attached hydrogens (tertiary/aromatic N) is 1. The van der Waals surface area contributed by atoms with Gasteiger partial charge in [-0.3, -0.25) is 0 Å². The van der Waals surface area contributed by atoms with Crippen molar-refractivity contribution in [1.29, 1.82) is 0 Å². The Bertz CT molecular complexity index is 264. The molecule has 1 heterocycles. The van der Waals surface area contributed by atoms with Gasteiger partial charge in [0, 0.05) is 24.6 Å². The SMILES string of the molecule is CC1CCCCN1CCCNCC1(CO)CCCCC1. The van der Waals surface area contributed by atoms with Crippen LogP contribution < -0.4 is 5.32 Å². The number of likely N-dealkylation sites (tertiary alicyclic amines) is 1. The van der Waals surface area contributed by atoms with Crippen LogP contribution in [0.2, 0.25) is 0 Å². The number of piperidine rings is 1. The van der Waals surface area contributed by atoms with Crippen LogP contribution >= 0.6 is 0 Å². The third-order valence-corrected chi connectivity index (χ3v) is 5.49. The molecule has 1 aliphatic heterocycles. The molecule has 0 amide bonds. The zero-order valence-corrected chi connectivity index (χ0v) is 13.4. The summed E-state index contributed by atoms with van der Waals surface area (Å²) in [6, 6.07) is 0.783. The van der Waals surface area contributed by atoms with Gasteiger partial charge in [0.15, 0.2) is 0 Å². The standard InChI is InChI=1S/C17H34N2O/c1-16-8-3-6-12-19(16)13-7-11-18-14-17(15-20)9-4-2-5-10-17/h16,18,20H,2-15H2,1H3. The van der Waals surface area contributed by atoms with Crippen LogP contribution in [-0.4, -0.2) is 48.8 Å². The molecule has 1 saturated carbocycles. The largest absolute Gasteiger partial charge is 0.396 e. The zero-order valence-electron chi connectivity index (χ0n) is 13.4. The van der Waals surface area contributed by atoms with Gasteiger partial charge in [-0.15, -0.1) is 0 Å². The molecule has 2 N–H and O–H groups in total. The topological polar surface area (TPSA) is 35.5 Å². The highest BCUT2D eigenvalue weighted by Crippen LogP contribution is 2.35. The van der Waals surface area contributed by atoms with Gasteiger partial charge < -0.3 is 15.3 Å². The van der Waals surface area contributed by atoms with Crippen molar-refractivity contribution in [3.63, 3.8) is 0 Å². The predicted octanol–water partition coefficient (Wildman–Crippen LogP) is 2.78. The third-order valence-electron chi connectivity index (χ3n) is 5.49. The fraction of sp³-hybridized carbons (Fsp3) is 1.00. The summed E-state index contributed by atoms with van der Waals surface area (Å²) in [5.74, 6) is 0. The van der Waals surface area contributed by atoms with E-state index in [-0.39, 0.29) is 5.41 Å². The Hall–Kier alpha value is -0.120. The van der Waals surface area contributed by atoms with Gasteiger partial charge >= 0.3 is 0 Å². The minimum absolute atomic E-state index is 0.191. The molecule has 1 atom stereocenters. The van der Waals surface area contributed by atoms with E-state index in [1.54, 1.807) is 0 Å². The number of nitrogens with one attached hydrogen (secondary N) is 1. The number of hydrogen-bond donors (Lipinski definition) is 2. The van der Waals surface area contributed by atoms with Crippen LogP contribution in [0, 0.1) is 5.41 Å². The van der Waals surface area contributed by atoms with Gasteiger partial charge in [0.25, 0.3) is 0 Å². The molecule has 2 aliphatic rings. The molecule has 3 heteroatoms. The molecule has 3 nitrogen and oxygen atoms in total. The summed E-state index contributed by atoms with van der Waals surface area (Å²) in [7, 11) is 0. The van der Waals surface area contributed by atoms with Crippen molar-refractivity contribution < 1.29 is 5.11 Å². The highest BCUT2D eigenvalue weighted by molar-refractivity contribution is 4.84. The minimum atomic E-state index is 0.191. The molecule has 0 bridgehead atoms. The van der Waals surface area contributed by atoms with Gasteiger partial charge in [0.05, 0.1) is 0 Å². The maximum atomic E-state index is 9.69. The second kappa shape index (κ2) is 8.35. The van der Waals surface area contributed by atoms with Crippen molar-refractivity contribution in [2.45, 2.75) is 70.8 Å². The summed E-state index contributed by atoms with van der Waals surface area (Å²) in [4.78, 5) is 2.65. The fourth-order valence-corrected chi connectivity index (χ4v) is 3.94. The Balaban J connectivity index is 1.58. The average molecular weight is 282 g/mol.